The smallest absolute Gasteiger partial charge is 0.251 e. The average Bonchev–Trinajstić information content (AvgIpc) is 2.76. The van der Waals surface area contributed by atoms with Gasteiger partial charge in [0.2, 0.25) is 10.0 Å². The highest BCUT2D eigenvalue weighted by Gasteiger charge is 2.38. The van der Waals surface area contributed by atoms with Gasteiger partial charge in [-0.05, 0) is 45.0 Å². The average molecular weight is 492 g/mol. The topological polar surface area (TPSA) is 140 Å². The van der Waals surface area contributed by atoms with Gasteiger partial charge in [0.1, 0.15) is 11.6 Å². The highest BCUT2D eigenvalue weighted by molar-refractivity contribution is 7.89. The Hall–Kier alpha value is -2.60. The van der Waals surface area contributed by atoms with E-state index in [1.54, 1.807) is 6.07 Å². The first-order valence-corrected chi connectivity index (χ1v) is 12.9. The molecule has 1 saturated heterocycles. The molecule has 10 nitrogen and oxygen atoms in total. The molecule has 1 fully saturated rings. The SMILES string of the molecule is CCCC(=N)c1cc(=O)[nH]c(-c2cc(S(=O)(=O)N3CC(N(C)CCCO)C3)ccc2OCC)n1. The van der Waals surface area contributed by atoms with Gasteiger partial charge >= 0.3 is 0 Å². The third kappa shape index (κ3) is 5.72. The fourth-order valence-corrected chi connectivity index (χ4v) is 5.34. The van der Waals surface area contributed by atoms with Crippen LogP contribution in [0.25, 0.3) is 11.4 Å². The van der Waals surface area contributed by atoms with Crippen molar-refractivity contribution in [2.24, 2.45) is 0 Å². The Morgan fingerprint density at radius 3 is 2.71 bits per heavy atom. The maximum Gasteiger partial charge on any atom is 0.251 e. The van der Waals surface area contributed by atoms with E-state index in [1.807, 2.05) is 20.9 Å². The number of aromatic nitrogens is 2. The molecule has 0 saturated carbocycles. The zero-order valence-corrected chi connectivity index (χ0v) is 20.7. The predicted octanol–water partition coefficient (Wildman–Crippen LogP) is 1.69. The minimum Gasteiger partial charge on any atom is -0.493 e. The van der Waals surface area contributed by atoms with Gasteiger partial charge in [-0.25, -0.2) is 13.4 Å². The minimum absolute atomic E-state index is 0.0825. The van der Waals surface area contributed by atoms with Gasteiger partial charge in [-0.2, -0.15) is 4.31 Å². The number of likely N-dealkylation sites (N-methyl/N-ethyl adjacent to an activating group) is 1. The molecular formula is C23H33N5O5S. The lowest BCUT2D eigenvalue weighted by Crippen LogP contribution is -2.60. The Labute approximate surface area is 200 Å². The van der Waals surface area contributed by atoms with E-state index in [1.165, 1.54) is 22.5 Å². The summed E-state index contributed by atoms with van der Waals surface area (Å²) in [5.74, 6) is 0.558. The number of benzene rings is 1. The molecule has 1 aromatic heterocycles. The van der Waals surface area contributed by atoms with Gasteiger partial charge in [0.05, 0.1) is 28.5 Å². The van der Waals surface area contributed by atoms with Crippen molar-refractivity contribution in [2.75, 3.05) is 39.9 Å². The molecule has 0 radical (unpaired) electrons. The van der Waals surface area contributed by atoms with Gasteiger partial charge < -0.3 is 25.1 Å². The molecule has 1 aromatic carbocycles. The fraction of sp³-hybridized carbons (Fsp3) is 0.522. The van der Waals surface area contributed by atoms with Crippen LogP contribution in [-0.2, 0) is 10.0 Å². The summed E-state index contributed by atoms with van der Waals surface area (Å²) in [6.07, 6.45) is 1.86. The standard InChI is InChI=1S/C23H33N5O5S/c1-4-7-19(24)20-13-22(30)26-23(25-20)18-12-17(8-9-21(18)33-5-2)34(31,32)28-14-16(15-28)27(3)10-6-11-29/h8-9,12-13,16,24,29H,4-7,10-11,14-15H2,1-3H3,(H,25,26,30). The van der Waals surface area contributed by atoms with E-state index in [4.69, 9.17) is 15.3 Å². The summed E-state index contributed by atoms with van der Waals surface area (Å²) in [5, 5.41) is 17.2. The molecule has 0 spiro atoms. The minimum atomic E-state index is -3.76. The number of hydrogen-bond acceptors (Lipinski definition) is 8. The molecule has 34 heavy (non-hydrogen) atoms. The van der Waals surface area contributed by atoms with Crippen LogP contribution in [0.3, 0.4) is 0 Å². The summed E-state index contributed by atoms with van der Waals surface area (Å²) in [4.78, 5) is 21.5. The highest BCUT2D eigenvalue weighted by Crippen LogP contribution is 2.32. The Morgan fingerprint density at radius 1 is 1.32 bits per heavy atom. The van der Waals surface area contributed by atoms with E-state index >= 15 is 0 Å². The number of rotatable bonds is 12. The van der Waals surface area contributed by atoms with E-state index in [2.05, 4.69) is 14.9 Å². The maximum atomic E-state index is 13.3. The lowest BCUT2D eigenvalue weighted by molar-refractivity contribution is 0.104. The van der Waals surface area contributed by atoms with Gasteiger partial charge in [-0.1, -0.05) is 13.3 Å². The Morgan fingerprint density at radius 2 is 2.06 bits per heavy atom. The van der Waals surface area contributed by atoms with Crippen LogP contribution in [0.2, 0.25) is 0 Å². The van der Waals surface area contributed by atoms with Crippen LogP contribution >= 0.6 is 0 Å². The summed E-state index contributed by atoms with van der Waals surface area (Å²) < 4.78 is 33.6. The quantitative estimate of drug-likeness (QED) is 0.384. The van der Waals surface area contributed by atoms with E-state index in [9.17, 15) is 13.2 Å². The second-order valence-corrected chi connectivity index (χ2v) is 10.3. The molecular weight excluding hydrogens is 458 g/mol. The lowest BCUT2D eigenvalue weighted by atomic mass is 10.1. The van der Waals surface area contributed by atoms with E-state index in [0.29, 0.717) is 50.4 Å². The van der Waals surface area contributed by atoms with E-state index in [-0.39, 0.29) is 34.8 Å². The predicted molar refractivity (Wildman–Crippen MR) is 130 cm³/mol. The molecule has 186 valence electrons. The van der Waals surface area contributed by atoms with Crippen molar-refractivity contribution in [3.8, 4) is 17.1 Å². The summed E-state index contributed by atoms with van der Waals surface area (Å²) in [6, 6.07) is 5.90. The van der Waals surface area contributed by atoms with E-state index in [0.717, 1.165) is 6.42 Å². The second-order valence-electron chi connectivity index (χ2n) is 8.33. The first-order chi connectivity index (χ1) is 16.2. The van der Waals surface area contributed by atoms with E-state index < -0.39 is 15.6 Å². The Kier molecular flexibility index (Phi) is 8.58. The molecule has 3 N–H and O–H groups in total. The van der Waals surface area contributed by atoms with Crippen molar-refractivity contribution >= 4 is 15.7 Å². The number of aromatic amines is 1. The van der Waals surface area contributed by atoms with Crippen LogP contribution in [0.1, 0.15) is 38.8 Å². The first kappa shape index (κ1) is 26.0. The lowest BCUT2D eigenvalue weighted by Gasteiger charge is -2.43. The third-order valence-corrected chi connectivity index (χ3v) is 7.64. The summed E-state index contributed by atoms with van der Waals surface area (Å²) in [6.45, 7) is 5.63. The molecule has 2 heterocycles. The summed E-state index contributed by atoms with van der Waals surface area (Å²) in [7, 11) is -1.84. The maximum absolute atomic E-state index is 13.3. The number of ether oxygens (including phenoxy) is 1. The number of nitrogens with one attached hydrogen (secondary N) is 2. The summed E-state index contributed by atoms with van der Waals surface area (Å²) in [5.41, 5.74) is 0.428. The molecule has 2 aromatic rings. The third-order valence-electron chi connectivity index (χ3n) is 5.82. The van der Waals surface area contributed by atoms with Crippen LogP contribution in [0.4, 0.5) is 0 Å². The number of H-pyrrole nitrogens is 1. The van der Waals surface area contributed by atoms with Crippen LogP contribution in [-0.4, -0.2) is 84.3 Å². The van der Waals surface area contributed by atoms with Crippen molar-refractivity contribution in [1.29, 1.82) is 5.41 Å². The number of aliphatic hydroxyl groups excluding tert-OH is 1. The Bertz CT molecular complexity index is 1170. The molecule has 11 heteroatoms. The van der Waals surface area contributed by atoms with Gasteiger partial charge in [-0.3, -0.25) is 4.79 Å². The molecule has 0 amide bonds. The fourth-order valence-electron chi connectivity index (χ4n) is 3.80. The normalized spacial score (nSPS) is 14.9. The zero-order valence-electron chi connectivity index (χ0n) is 19.9. The highest BCUT2D eigenvalue weighted by atomic mass is 32.2. The van der Waals surface area contributed by atoms with Crippen molar-refractivity contribution < 1.29 is 18.3 Å². The van der Waals surface area contributed by atoms with Crippen LogP contribution in [0, 0.1) is 5.41 Å². The summed E-state index contributed by atoms with van der Waals surface area (Å²) >= 11 is 0. The monoisotopic (exact) mass is 491 g/mol. The van der Waals surface area contributed by atoms with Crippen molar-refractivity contribution in [3.05, 3.63) is 40.3 Å². The Balaban J connectivity index is 1.93. The first-order valence-electron chi connectivity index (χ1n) is 11.5. The van der Waals surface area contributed by atoms with Crippen LogP contribution in [0.5, 0.6) is 5.75 Å². The van der Waals surface area contributed by atoms with Crippen molar-refractivity contribution in [3.63, 3.8) is 0 Å². The molecule has 0 aliphatic carbocycles. The van der Waals surface area contributed by atoms with Gasteiger partial charge in [0.15, 0.2) is 0 Å². The number of nitrogens with zero attached hydrogens (tertiary/aromatic N) is 3. The van der Waals surface area contributed by atoms with Crippen LogP contribution < -0.4 is 10.3 Å². The van der Waals surface area contributed by atoms with Gasteiger partial charge in [-0.15, -0.1) is 0 Å². The van der Waals surface area contributed by atoms with Gasteiger partial charge in [0.25, 0.3) is 5.56 Å². The van der Waals surface area contributed by atoms with Crippen molar-refractivity contribution in [1.82, 2.24) is 19.2 Å². The zero-order chi connectivity index (χ0) is 24.9. The molecule has 0 atom stereocenters. The molecule has 0 bridgehead atoms. The molecule has 1 aliphatic rings. The number of sulfonamides is 1. The number of hydrogen-bond donors (Lipinski definition) is 3. The number of aliphatic hydroxyl groups is 1. The van der Waals surface area contributed by atoms with Crippen LogP contribution in [0.15, 0.2) is 34.0 Å². The molecule has 1 aliphatic heterocycles. The molecule has 3 rings (SSSR count). The van der Waals surface area contributed by atoms with Crippen molar-refractivity contribution in [2.45, 2.75) is 44.0 Å². The second kappa shape index (κ2) is 11.2. The largest absolute Gasteiger partial charge is 0.493 e. The van der Waals surface area contributed by atoms with Gasteiger partial charge in [0, 0.05) is 38.3 Å². The molecule has 0 unspecified atom stereocenters.